The van der Waals surface area contributed by atoms with Crippen molar-refractivity contribution in [3.8, 4) is 11.1 Å². The Balaban J connectivity index is 1.81. The molecule has 104 valence electrons. The summed E-state index contributed by atoms with van der Waals surface area (Å²) in [6, 6.07) is 7.54. The van der Waals surface area contributed by atoms with Crippen molar-refractivity contribution in [1.29, 1.82) is 0 Å². The largest absolute Gasteiger partial charge is 0.368 e. The van der Waals surface area contributed by atoms with Crippen molar-refractivity contribution in [3.63, 3.8) is 0 Å². The second kappa shape index (κ2) is 3.87. The zero-order chi connectivity index (χ0) is 13.9. The van der Waals surface area contributed by atoms with Gasteiger partial charge in [-0.25, -0.2) is 0 Å². The van der Waals surface area contributed by atoms with E-state index in [9.17, 15) is 0 Å². The molecular weight excluding hydrogens is 246 g/mol. The molecule has 20 heavy (non-hydrogen) atoms. The Morgan fingerprint density at radius 2 is 2.00 bits per heavy atom. The van der Waals surface area contributed by atoms with Gasteiger partial charge in [-0.15, -0.1) is 0 Å². The minimum absolute atomic E-state index is 0.456. The molecule has 0 bridgehead atoms. The summed E-state index contributed by atoms with van der Waals surface area (Å²) in [5, 5.41) is 4.29. The van der Waals surface area contributed by atoms with Crippen molar-refractivity contribution in [1.82, 2.24) is 9.78 Å². The van der Waals surface area contributed by atoms with Gasteiger partial charge in [-0.05, 0) is 49.9 Å². The average Bonchev–Trinajstić information content (AvgIpc) is 2.96. The van der Waals surface area contributed by atoms with Gasteiger partial charge in [-0.2, -0.15) is 5.10 Å². The maximum atomic E-state index is 4.29. The summed E-state index contributed by atoms with van der Waals surface area (Å²) in [5.41, 5.74) is 5.98. The van der Waals surface area contributed by atoms with Gasteiger partial charge < -0.3 is 4.90 Å². The molecule has 3 heteroatoms. The Bertz CT molecular complexity index is 665. The van der Waals surface area contributed by atoms with E-state index in [1.165, 1.54) is 36.2 Å². The zero-order valence-corrected chi connectivity index (χ0v) is 12.4. The fourth-order valence-electron chi connectivity index (χ4n) is 3.50. The topological polar surface area (TPSA) is 21.1 Å². The van der Waals surface area contributed by atoms with E-state index in [4.69, 9.17) is 0 Å². The van der Waals surface area contributed by atoms with Crippen molar-refractivity contribution < 1.29 is 0 Å². The van der Waals surface area contributed by atoms with Crippen molar-refractivity contribution in [2.24, 2.45) is 7.05 Å². The highest BCUT2D eigenvalue weighted by Gasteiger charge is 2.52. The summed E-state index contributed by atoms with van der Waals surface area (Å²) >= 11 is 0. The van der Waals surface area contributed by atoms with Crippen LogP contribution in [0, 0.1) is 0 Å². The number of benzene rings is 1. The molecule has 0 unspecified atom stereocenters. The Morgan fingerprint density at radius 3 is 2.60 bits per heavy atom. The predicted molar refractivity (Wildman–Crippen MR) is 82.0 cm³/mol. The molecule has 1 aromatic heterocycles. The molecule has 0 amide bonds. The molecule has 0 N–H and O–H groups in total. The van der Waals surface area contributed by atoms with Crippen LogP contribution in [0.5, 0.6) is 0 Å². The number of anilines is 1. The Hall–Kier alpha value is -1.77. The first-order valence-corrected chi connectivity index (χ1v) is 7.49. The van der Waals surface area contributed by atoms with E-state index >= 15 is 0 Å². The van der Waals surface area contributed by atoms with Crippen LogP contribution in [-0.2, 0) is 12.5 Å². The molecular formula is C17H21N3. The van der Waals surface area contributed by atoms with Gasteiger partial charge in [0.25, 0.3) is 0 Å². The number of aryl methyl sites for hydroxylation is 1. The highest BCUT2D eigenvalue weighted by atomic mass is 15.2. The fraction of sp³-hybridized carbons (Fsp3) is 0.471. The molecule has 0 radical (unpaired) electrons. The molecule has 2 heterocycles. The summed E-state index contributed by atoms with van der Waals surface area (Å²) < 4.78 is 1.87. The monoisotopic (exact) mass is 267 g/mol. The van der Waals surface area contributed by atoms with Gasteiger partial charge in [0.05, 0.1) is 6.20 Å². The summed E-state index contributed by atoms with van der Waals surface area (Å²) in [5.74, 6) is 0. The molecule has 0 atom stereocenters. The molecule has 2 aliphatic rings. The molecule has 3 nitrogen and oxygen atoms in total. The van der Waals surface area contributed by atoms with Crippen molar-refractivity contribution in [2.45, 2.75) is 38.1 Å². The third-order valence-corrected chi connectivity index (χ3v) is 4.87. The second-order valence-corrected chi connectivity index (χ2v) is 6.64. The van der Waals surface area contributed by atoms with E-state index in [1.54, 1.807) is 5.56 Å². The molecule has 0 saturated heterocycles. The van der Waals surface area contributed by atoms with Crippen LogP contribution in [0.25, 0.3) is 11.1 Å². The fourth-order valence-corrected chi connectivity index (χ4v) is 3.50. The van der Waals surface area contributed by atoms with E-state index in [0.717, 1.165) is 0 Å². The van der Waals surface area contributed by atoms with Gasteiger partial charge in [0.2, 0.25) is 0 Å². The lowest BCUT2D eigenvalue weighted by Crippen LogP contribution is -2.31. The van der Waals surface area contributed by atoms with Crippen LogP contribution in [0.15, 0.2) is 30.6 Å². The number of rotatable bonds is 2. The van der Waals surface area contributed by atoms with E-state index in [2.05, 4.69) is 48.2 Å². The van der Waals surface area contributed by atoms with Crippen molar-refractivity contribution in [2.75, 3.05) is 11.4 Å². The highest BCUT2D eigenvalue weighted by molar-refractivity contribution is 5.73. The Labute approximate surface area is 120 Å². The standard InChI is InChI=1S/C17H21N3/c1-12(2)20-11-17(6-7-17)15-8-13(4-5-16(15)20)14-9-18-19(3)10-14/h4-5,8-10,12H,6-7,11H2,1-3H3. The van der Waals surface area contributed by atoms with Crippen LogP contribution < -0.4 is 4.90 Å². The first-order chi connectivity index (χ1) is 9.59. The second-order valence-electron chi connectivity index (χ2n) is 6.64. The lowest BCUT2D eigenvalue weighted by Gasteiger charge is -2.24. The van der Waals surface area contributed by atoms with E-state index in [0.29, 0.717) is 11.5 Å². The van der Waals surface area contributed by atoms with E-state index < -0.39 is 0 Å². The number of hydrogen-bond acceptors (Lipinski definition) is 2. The van der Waals surface area contributed by atoms with Gasteiger partial charge in [-0.3, -0.25) is 4.68 Å². The van der Waals surface area contributed by atoms with Gasteiger partial charge in [0.15, 0.2) is 0 Å². The Morgan fingerprint density at radius 1 is 1.20 bits per heavy atom. The molecule has 1 fully saturated rings. The molecule has 4 rings (SSSR count). The SMILES string of the molecule is CC(C)N1CC2(CC2)c2cc(-c3cnn(C)c3)ccc21. The van der Waals surface area contributed by atoms with E-state index in [1.807, 2.05) is 17.9 Å². The van der Waals surface area contributed by atoms with Crippen LogP contribution >= 0.6 is 0 Å². The summed E-state index contributed by atoms with van der Waals surface area (Å²) in [6.45, 7) is 5.79. The smallest absolute Gasteiger partial charge is 0.0568 e. The van der Waals surface area contributed by atoms with Gasteiger partial charge >= 0.3 is 0 Å². The quantitative estimate of drug-likeness (QED) is 0.832. The Kier molecular flexibility index (Phi) is 2.33. The maximum absolute atomic E-state index is 4.29. The number of hydrogen-bond donors (Lipinski definition) is 0. The van der Waals surface area contributed by atoms with Crippen LogP contribution in [0.3, 0.4) is 0 Å². The molecule has 2 aromatic rings. The van der Waals surface area contributed by atoms with Gasteiger partial charge in [0.1, 0.15) is 0 Å². The molecule has 1 aliphatic heterocycles. The number of nitrogens with zero attached hydrogens (tertiary/aromatic N) is 3. The zero-order valence-electron chi connectivity index (χ0n) is 12.4. The molecule has 1 aromatic carbocycles. The first-order valence-electron chi connectivity index (χ1n) is 7.49. The van der Waals surface area contributed by atoms with Crippen molar-refractivity contribution in [3.05, 3.63) is 36.2 Å². The summed E-state index contributed by atoms with van der Waals surface area (Å²) in [4.78, 5) is 2.56. The predicted octanol–water partition coefficient (Wildman–Crippen LogP) is 3.35. The third-order valence-electron chi connectivity index (χ3n) is 4.87. The van der Waals surface area contributed by atoms with Crippen molar-refractivity contribution >= 4 is 5.69 Å². The lowest BCUT2D eigenvalue weighted by atomic mass is 9.95. The normalized spacial score (nSPS) is 18.9. The van der Waals surface area contributed by atoms with Crippen LogP contribution in [-0.4, -0.2) is 22.4 Å². The number of fused-ring (bicyclic) bond motifs is 2. The van der Waals surface area contributed by atoms with Gasteiger partial charge in [0, 0.05) is 42.5 Å². The highest BCUT2D eigenvalue weighted by Crippen LogP contribution is 2.57. The minimum atomic E-state index is 0.456. The molecule has 1 spiro atoms. The maximum Gasteiger partial charge on any atom is 0.0568 e. The van der Waals surface area contributed by atoms with Crippen LogP contribution in [0.1, 0.15) is 32.3 Å². The average molecular weight is 267 g/mol. The minimum Gasteiger partial charge on any atom is -0.368 e. The molecule has 1 aliphatic carbocycles. The van der Waals surface area contributed by atoms with E-state index in [-0.39, 0.29) is 0 Å². The summed E-state index contributed by atoms with van der Waals surface area (Å²) in [7, 11) is 1.97. The third kappa shape index (κ3) is 1.62. The summed E-state index contributed by atoms with van der Waals surface area (Å²) in [6.07, 6.45) is 6.74. The lowest BCUT2D eigenvalue weighted by molar-refractivity contribution is 0.640. The van der Waals surface area contributed by atoms with Crippen LogP contribution in [0.4, 0.5) is 5.69 Å². The molecule has 1 saturated carbocycles. The number of aromatic nitrogens is 2. The first kappa shape index (κ1) is 12.0. The van der Waals surface area contributed by atoms with Crippen LogP contribution in [0.2, 0.25) is 0 Å². The van der Waals surface area contributed by atoms with Gasteiger partial charge in [-0.1, -0.05) is 6.07 Å².